The Kier molecular flexibility index (Phi) is 5.42. The molecule has 6 nitrogen and oxygen atoms in total. The second kappa shape index (κ2) is 7.92. The van der Waals surface area contributed by atoms with Gasteiger partial charge in [-0.25, -0.2) is 9.37 Å². The van der Waals surface area contributed by atoms with E-state index >= 15 is 0 Å². The first-order valence-electron chi connectivity index (χ1n) is 8.41. The van der Waals surface area contributed by atoms with Crippen LogP contribution in [-0.4, -0.2) is 40.7 Å². The maximum Gasteiger partial charge on any atom is 0.306 e. The van der Waals surface area contributed by atoms with Gasteiger partial charge in [-0.05, 0) is 37.0 Å². The van der Waals surface area contributed by atoms with Crippen LogP contribution in [0.15, 0.2) is 36.5 Å². The smallest absolute Gasteiger partial charge is 0.306 e. The van der Waals surface area contributed by atoms with Gasteiger partial charge < -0.3 is 15.3 Å². The average molecular weight is 344 g/mol. The van der Waals surface area contributed by atoms with Crippen LogP contribution in [0, 0.1) is 11.7 Å². The molecule has 1 aromatic heterocycles. The molecule has 25 heavy (non-hydrogen) atoms. The molecule has 1 saturated heterocycles. The molecule has 0 spiro atoms. The van der Waals surface area contributed by atoms with E-state index in [1.807, 2.05) is 12.1 Å². The highest BCUT2D eigenvalue weighted by Crippen LogP contribution is 2.22. The summed E-state index contributed by atoms with van der Waals surface area (Å²) < 4.78 is 13.6. The second-order valence-corrected chi connectivity index (χ2v) is 6.11. The molecule has 0 bridgehead atoms. The molecule has 1 aliphatic heterocycles. The molecule has 132 valence electrons. The third-order valence-electron chi connectivity index (χ3n) is 4.44. The molecule has 2 aromatic rings. The number of halogens is 1. The molecule has 2 heterocycles. The van der Waals surface area contributed by atoms with Crippen molar-refractivity contribution in [3.63, 3.8) is 0 Å². The number of rotatable bonds is 6. The van der Waals surface area contributed by atoms with Crippen molar-refractivity contribution in [3.8, 4) is 0 Å². The van der Waals surface area contributed by atoms with E-state index in [1.165, 1.54) is 6.07 Å². The summed E-state index contributed by atoms with van der Waals surface area (Å²) in [6.45, 7) is 1.87. The van der Waals surface area contributed by atoms with Crippen molar-refractivity contribution in [2.75, 3.05) is 29.9 Å². The number of aliphatic carboxylic acids is 1. The first kappa shape index (κ1) is 17.1. The van der Waals surface area contributed by atoms with Crippen molar-refractivity contribution < 1.29 is 14.3 Å². The lowest BCUT2D eigenvalue weighted by molar-refractivity contribution is -0.142. The third kappa shape index (κ3) is 4.43. The Bertz CT molecular complexity index is 733. The van der Waals surface area contributed by atoms with Gasteiger partial charge in [0.25, 0.3) is 0 Å². The van der Waals surface area contributed by atoms with Crippen LogP contribution >= 0.6 is 0 Å². The van der Waals surface area contributed by atoms with Crippen LogP contribution in [0.5, 0.6) is 0 Å². The fraction of sp³-hybridized carbons (Fsp3) is 0.389. The molecule has 1 aliphatic rings. The minimum atomic E-state index is -0.724. The summed E-state index contributed by atoms with van der Waals surface area (Å²) in [4.78, 5) is 21.8. The number of carbonyl (C=O) groups is 1. The average Bonchev–Trinajstić information content (AvgIpc) is 2.64. The van der Waals surface area contributed by atoms with Crippen molar-refractivity contribution in [3.05, 3.63) is 47.9 Å². The number of benzene rings is 1. The van der Waals surface area contributed by atoms with Gasteiger partial charge in [0.1, 0.15) is 11.6 Å². The van der Waals surface area contributed by atoms with Gasteiger partial charge in [-0.15, -0.1) is 0 Å². The van der Waals surface area contributed by atoms with Gasteiger partial charge in [-0.1, -0.05) is 18.2 Å². The number of hydrogen-bond donors (Lipinski definition) is 2. The largest absolute Gasteiger partial charge is 0.481 e. The van der Waals surface area contributed by atoms with Crippen LogP contribution in [0.4, 0.5) is 16.2 Å². The Morgan fingerprint density at radius 2 is 2.04 bits per heavy atom. The monoisotopic (exact) mass is 344 g/mol. The molecular formula is C18H21FN4O2. The summed E-state index contributed by atoms with van der Waals surface area (Å²) in [5, 5.41) is 12.2. The molecule has 1 fully saturated rings. The number of carboxylic acids is 1. The van der Waals surface area contributed by atoms with Crippen LogP contribution in [0.3, 0.4) is 0 Å². The fourth-order valence-electron chi connectivity index (χ4n) is 2.98. The van der Waals surface area contributed by atoms with Gasteiger partial charge in [0.05, 0.1) is 5.92 Å². The SMILES string of the molecule is O=C(O)C1CCN(c2ccnc(NCCc3ccccc3F)n2)CC1. The predicted molar refractivity (Wildman–Crippen MR) is 93.2 cm³/mol. The summed E-state index contributed by atoms with van der Waals surface area (Å²) in [6.07, 6.45) is 3.46. The summed E-state index contributed by atoms with van der Waals surface area (Å²) in [5.74, 6) is 0.0796. The summed E-state index contributed by atoms with van der Waals surface area (Å²) in [5.41, 5.74) is 0.655. The van der Waals surface area contributed by atoms with Crippen molar-refractivity contribution in [2.45, 2.75) is 19.3 Å². The highest BCUT2D eigenvalue weighted by atomic mass is 19.1. The zero-order valence-corrected chi connectivity index (χ0v) is 13.9. The Labute approximate surface area is 145 Å². The number of nitrogens with one attached hydrogen (secondary N) is 1. The van der Waals surface area contributed by atoms with E-state index in [0.717, 1.165) is 5.82 Å². The maximum atomic E-state index is 13.6. The quantitative estimate of drug-likeness (QED) is 0.839. The summed E-state index contributed by atoms with van der Waals surface area (Å²) >= 11 is 0. The molecule has 2 N–H and O–H groups in total. The number of nitrogens with zero attached hydrogens (tertiary/aromatic N) is 3. The zero-order valence-electron chi connectivity index (χ0n) is 13.9. The van der Waals surface area contributed by atoms with Crippen molar-refractivity contribution in [2.24, 2.45) is 5.92 Å². The van der Waals surface area contributed by atoms with E-state index in [4.69, 9.17) is 5.11 Å². The molecule has 0 saturated carbocycles. The Hall–Kier alpha value is -2.70. The first-order chi connectivity index (χ1) is 12.1. The van der Waals surface area contributed by atoms with Crippen molar-refractivity contribution in [1.82, 2.24) is 9.97 Å². The van der Waals surface area contributed by atoms with Gasteiger partial charge in [0.2, 0.25) is 5.95 Å². The van der Waals surface area contributed by atoms with Crippen molar-refractivity contribution >= 4 is 17.7 Å². The van der Waals surface area contributed by atoms with Gasteiger partial charge in [0, 0.05) is 25.8 Å². The standard InChI is InChI=1S/C18H21FN4O2/c19-15-4-2-1-3-13(15)5-9-20-18-21-10-6-16(22-18)23-11-7-14(8-12-23)17(24)25/h1-4,6,10,14H,5,7-9,11-12H2,(H,24,25)(H,20,21,22). The van der Waals surface area contributed by atoms with E-state index in [0.29, 0.717) is 50.4 Å². The lowest BCUT2D eigenvalue weighted by atomic mass is 9.97. The molecule has 0 radical (unpaired) electrons. The van der Waals surface area contributed by atoms with Crippen LogP contribution in [0.2, 0.25) is 0 Å². The van der Waals surface area contributed by atoms with Gasteiger partial charge >= 0.3 is 5.97 Å². The maximum absolute atomic E-state index is 13.6. The number of carboxylic acid groups (broad SMARTS) is 1. The topological polar surface area (TPSA) is 78.3 Å². The first-order valence-corrected chi connectivity index (χ1v) is 8.41. The lowest BCUT2D eigenvalue weighted by Crippen LogP contribution is -2.36. The highest BCUT2D eigenvalue weighted by Gasteiger charge is 2.25. The molecule has 0 unspecified atom stereocenters. The Morgan fingerprint density at radius 3 is 2.76 bits per heavy atom. The van der Waals surface area contributed by atoms with Crippen molar-refractivity contribution in [1.29, 1.82) is 0 Å². The fourth-order valence-corrected chi connectivity index (χ4v) is 2.98. The van der Waals surface area contributed by atoms with Gasteiger partial charge in [0.15, 0.2) is 0 Å². The highest BCUT2D eigenvalue weighted by molar-refractivity contribution is 5.70. The van der Waals surface area contributed by atoms with E-state index in [1.54, 1.807) is 18.3 Å². The number of hydrogen-bond acceptors (Lipinski definition) is 5. The van der Waals surface area contributed by atoms with Crippen LogP contribution in [0.25, 0.3) is 0 Å². The predicted octanol–water partition coefficient (Wildman–Crippen LogP) is 2.57. The minimum Gasteiger partial charge on any atom is -0.481 e. The summed E-state index contributed by atoms with van der Waals surface area (Å²) in [6, 6.07) is 8.53. The molecule has 0 aliphatic carbocycles. The lowest BCUT2D eigenvalue weighted by Gasteiger charge is -2.31. The van der Waals surface area contributed by atoms with Crippen LogP contribution < -0.4 is 10.2 Å². The second-order valence-electron chi connectivity index (χ2n) is 6.11. The molecule has 0 atom stereocenters. The van der Waals surface area contributed by atoms with Crippen LogP contribution in [0.1, 0.15) is 18.4 Å². The Morgan fingerprint density at radius 1 is 1.28 bits per heavy atom. The van der Waals surface area contributed by atoms with E-state index in [-0.39, 0.29) is 11.7 Å². The normalized spacial score (nSPS) is 15.2. The van der Waals surface area contributed by atoms with Gasteiger partial charge in [-0.3, -0.25) is 4.79 Å². The van der Waals surface area contributed by atoms with E-state index < -0.39 is 5.97 Å². The molecule has 1 aromatic carbocycles. The van der Waals surface area contributed by atoms with E-state index in [2.05, 4.69) is 20.2 Å². The minimum absolute atomic E-state index is 0.208. The zero-order chi connectivity index (χ0) is 17.6. The van der Waals surface area contributed by atoms with Crippen LogP contribution in [-0.2, 0) is 11.2 Å². The van der Waals surface area contributed by atoms with E-state index in [9.17, 15) is 9.18 Å². The number of aromatic nitrogens is 2. The Balaban J connectivity index is 1.55. The molecular weight excluding hydrogens is 323 g/mol. The number of anilines is 2. The van der Waals surface area contributed by atoms with Gasteiger partial charge in [-0.2, -0.15) is 4.98 Å². The summed E-state index contributed by atoms with van der Waals surface area (Å²) in [7, 11) is 0. The molecule has 3 rings (SSSR count). The number of piperidine rings is 1. The molecule has 0 amide bonds. The molecule has 7 heteroatoms. The third-order valence-corrected chi connectivity index (χ3v) is 4.44.